The van der Waals surface area contributed by atoms with Gasteiger partial charge in [-0.15, -0.1) is 0 Å². The molecule has 5 heteroatoms. The van der Waals surface area contributed by atoms with Crippen molar-refractivity contribution in [3.8, 4) is 0 Å². The molecule has 0 spiro atoms. The van der Waals surface area contributed by atoms with Crippen molar-refractivity contribution in [2.45, 2.75) is 0 Å². The van der Waals surface area contributed by atoms with Crippen LogP contribution in [0.4, 0.5) is 10.1 Å². The summed E-state index contributed by atoms with van der Waals surface area (Å²) in [5.41, 5.74) is 6.83. The van der Waals surface area contributed by atoms with Crippen molar-refractivity contribution in [1.82, 2.24) is 4.98 Å². The highest BCUT2D eigenvalue weighted by Crippen LogP contribution is 2.39. The van der Waals surface area contributed by atoms with Gasteiger partial charge in [-0.25, -0.2) is 4.39 Å². The number of rotatable bonds is 1. The van der Waals surface area contributed by atoms with E-state index in [0.29, 0.717) is 21.9 Å². The third kappa shape index (κ3) is 1.81. The zero-order valence-electron chi connectivity index (χ0n) is 9.07. The maximum absolute atomic E-state index is 13.1. The number of hydrogen-bond donors (Lipinski definition) is 1. The van der Waals surface area contributed by atoms with Crippen LogP contribution in [0.25, 0.3) is 10.9 Å². The Kier molecular flexibility index (Phi) is 2.47. The van der Waals surface area contributed by atoms with E-state index in [9.17, 15) is 8.96 Å². The fourth-order valence-corrected chi connectivity index (χ4v) is 3.23. The van der Waals surface area contributed by atoms with E-state index in [1.54, 1.807) is 25.5 Å². The lowest BCUT2D eigenvalue weighted by Crippen LogP contribution is -2.11. The van der Waals surface area contributed by atoms with Crippen LogP contribution in [0.2, 0.25) is 0 Å². The number of pyridine rings is 1. The van der Waals surface area contributed by atoms with Crippen LogP contribution in [0.15, 0.2) is 24.4 Å². The third-order valence-electron chi connectivity index (χ3n) is 2.37. The highest BCUT2D eigenvalue weighted by atomic mass is 31.2. The predicted molar refractivity (Wildman–Crippen MR) is 65.2 cm³/mol. The van der Waals surface area contributed by atoms with E-state index in [4.69, 9.17) is 5.73 Å². The minimum atomic E-state index is -2.55. The van der Waals surface area contributed by atoms with E-state index in [1.807, 2.05) is 0 Å². The Hall–Kier alpha value is -1.41. The van der Waals surface area contributed by atoms with Crippen LogP contribution in [0.3, 0.4) is 0 Å². The zero-order valence-corrected chi connectivity index (χ0v) is 9.96. The van der Waals surface area contributed by atoms with Gasteiger partial charge >= 0.3 is 0 Å². The average Bonchev–Trinajstić information content (AvgIpc) is 2.14. The smallest absolute Gasteiger partial charge is 0.142 e. The molecule has 0 bridgehead atoms. The summed E-state index contributed by atoms with van der Waals surface area (Å²) in [5, 5.41) is 1.05. The Bertz CT molecular complexity index is 601. The van der Waals surface area contributed by atoms with Gasteiger partial charge in [0.05, 0.1) is 11.7 Å². The number of fused-ring (bicyclic) bond motifs is 1. The summed E-state index contributed by atoms with van der Waals surface area (Å²) in [4.78, 5) is 3.94. The van der Waals surface area contributed by atoms with Gasteiger partial charge in [0.2, 0.25) is 0 Å². The third-order valence-corrected chi connectivity index (χ3v) is 3.95. The van der Waals surface area contributed by atoms with E-state index in [1.165, 1.54) is 6.07 Å². The van der Waals surface area contributed by atoms with Crippen LogP contribution in [-0.4, -0.2) is 18.3 Å². The molecule has 2 N–H and O–H groups in total. The summed E-state index contributed by atoms with van der Waals surface area (Å²) >= 11 is 0. The summed E-state index contributed by atoms with van der Waals surface area (Å²) in [7, 11) is -2.55. The molecule has 0 aliphatic heterocycles. The lowest BCUT2D eigenvalue weighted by atomic mass is 10.2. The Morgan fingerprint density at radius 3 is 2.69 bits per heavy atom. The first-order chi connectivity index (χ1) is 7.39. The topological polar surface area (TPSA) is 56.0 Å². The first kappa shape index (κ1) is 11.1. The molecule has 2 rings (SSSR count). The molecule has 84 valence electrons. The second-order valence-corrected chi connectivity index (χ2v) is 7.22. The Morgan fingerprint density at radius 2 is 2.06 bits per heavy atom. The van der Waals surface area contributed by atoms with E-state index in [-0.39, 0.29) is 0 Å². The van der Waals surface area contributed by atoms with Crippen molar-refractivity contribution in [1.29, 1.82) is 0 Å². The standard InChI is InChI=1S/C11H12FN2OP/c1-16(2,15)11-8-5-7(12)6-14-10(8)4-3-9(11)13/h3-6H,13H2,1-2H3. The van der Waals surface area contributed by atoms with Crippen LogP contribution in [0.5, 0.6) is 0 Å². The van der Waals surface area contributed by atoms with E-state index < -0.39 is 13.0 Å². The van der Waals surface area contributed by atoms with Crippen LogP contribution in [0.1, 0.15) is 0 Å². The summed E-state index contributed by atoms with van der Waals surface area (Å²) in [6.45, 7) is 3.23. The van der Waals surface area contributed by atoms with Gasteiger partial charge in [0.15, 0.2) is 0 Å². The molecule has 0 unspecified atom stereocenters. The van der Waals surface area contributed by atoms with Crippen LogP contribution >= 0.6 is 7.14 Å². The number of nitrogen functional groups attached to an aromatic ring is 1. The maximum Gasteiger partial charge on any atom is 0.142 e. The van der Waals surface area contributed by atoms with E-state index >= 15 is 0 Å². The van der Waals surface area contributed by atoms with Gasteiger partial charge in [0.1, 0.15) is 13.0 Å². The lowest BCUT2D eigenvalue weighted by Gasteiger charge is -2.13. The molecule has 0 radical (unpaired) electrons. The molecule has 1 aromatic heterocycles. The quantitative estimate of drug-likeness (QED) is 0.612. The number of anilines is 1. The van der Waals surface area contributed by atoms with Crippen molar-refractivity contribution in [2.24, 2.45) is 0 Å². The summed E-state index contributed by atoms with van der Waals surface area (Å²) < 4.78 is 25.3. The molecule has 1 heterocycles. The Morgan fingerprint density at radius 1 is 1.38 bits per heavy atom. The molecular formula is C11H12FN2OP. The summed E-state index contributed by atoms with van der Waals surface area (Å²) in [5.74, 6) is -0.451. The molecule has 0 saturated carbocycles. The second-order valence-electron chi connectivity index (χ2n) is 4.07. The molecular weight excluding hydrogens is 226 g/mol. The number of aromatic nitrogens is 1. The van der Waals surface area contributed by atoms with Gasteiger partial charge in [-0.2, -0.15) is 0 Å². The maximum atomic E-state index is 13.1. The Balaban J connectivity index is 2.94. The number of halogens is 1. The van der Waals surface area contributed by atoms with Gasteiger partial charge in [-0.3, -0.25) is 4.98 Å². The average molecular weight is 238 g/mol. The minimum Gasteiger partial charge on any atom is -0.398 e. The van der Waals surface area contributed by atoms with Gasteiger partial charge in [-0.1, -0.05) is 0 Å². The highest BCUT2D eigenvalue weighted by molar-refractivity contribution is 7.71. The SMILES string of the molecule is CP(C)(=O)c1c(N)ccc2ncc(F)cc12. The fraction of sp³-hybridized carbons (Fsp3) is 0.182. The predicted octanol–water partition coefficient (Wildman–Crippen LogP) is 2.20. The monoisotopic (exact) mass is 238 g/mol. The number of benzene rings is 1. The first-order valence-corrected chi connectivity index (χ1v) is 7.39. The molecule has 0 saturated heterocycles. The molecule has 0 fully saturated rings. The first-order valence-electron chi connectivity index (χ1n) is 4.79. The van der Waals surface area contributed by atoms with Crippen molar-refractivity contribution in [3.63, 3.8) is 0 Å². The molecule has 2 aromatic rings. The van der Waals surface area contributed by atoms with Gasteiger partial charge in [0.25, 0.3) is 0 Å². The van der Waals surface area contributed by atoms with Crippen LogP contribution in [0, 0.1) is 5.82 Å². The number of hydrogen-bond acceptors (Lipinski definition) is 3. The van der Waals surface area contributed by atoms with Crippen molar-refractivity contribution < 1.29 is 8.96 Å². The normalized spacial score (nSPS) is 11.9. The summed E-state index contributed by atoms with van der Waals surface area (Å²) in [6.07, 6.45) is 1.14. The van der Waals surface area contributed by atoms with Crippen molar-refractivity contribution in [2.75, 3.05) is 19.1 Å². The molecule has 0 aliphatic rings. The molecule has 0 aliphatic carbocycles. The second kappa shape index (κ2) is 3.56. The van der Waals surface area contributed by atoms with Gasteiger partial charge in [0, 0.05) is 16.4 Å². The summed E-state index contributed by atoms with van der Waals surface area (Å²) in [6, 6.07) is 4.68. The van der Waals surface area contributed by atoms with Crippen LogP contribution < -0.4 is 11.0 Å². The molecule has 3 nitrogen and oxygen atoms in total. The molecule has 16 heavy (non-hydrogen) atoms. The molecule has 1 aromatic carbocycles. The van der Waals surface area contributed by atoms with Gasteiger partial charge in [-0.05, 0) is 31.5 Å². The number of nitrogens with zero attached hydrogens (tertiary/aromatic N) is 1. The largest absolute Gasteiger partial charge is 0.398 e. The van der Waals surface area contributed by atoms with Gasteiger partial charge < -0.3 is 10.3 Å². The molecule has 0 atom stereocenters. The van der Waals surface area contributed by atoms with Crippen LogP contribution in [-0.2, 0) is 4.57 Å². The fourth-order valence-electron chi connectivity index (χ4n) is 1.78. The van der Waals surface area contributed by atoms with E-state index in [0.717, 1.165) is 6.20 Å². The van der Waals surface area contributed by atoms with E-state index in [2.05, 4.69) is 4.98 Å². The minimum absolute atomic E-state index is 0.424. The number of nitrogens with two attached hydrogens (primary N) is 1. The molecule has 0 amide bonds. The Labute approximate surface area is 92.9 Å². The lowest BCUT2D eigenvalue weighted by molar-refractivity contribution is 0.588. The highest BCUT2D eigenvalue weighted by Gasteiger charge is 2.19. The van der Waals surface area contributed by atoms with Crippen molar-refractivity contribution >= 4 is 29.0 Å². The van der Waals surface area contributed by atoms with Crippen molar-refractivity contribution in [3.05, 3.63) is 30.2 Å². The zero-order chi connectivity index (χ0) is 11.9.